The molecule has 1 atom stereocenters. The Labute approximate surface area is 199 Å². The molecule has 3 aromatic heterocycles. The summed E-state index contributed by atoms with van der Waals surface area (Å²) in [5.74, 6) is 1.96. The average molecular weight is 462 g/mol. The Morgan fingerprint density at radius 3 is 2.62 bits per heavy atom. The fraction of sp³-hybridized carbons (Fsp3) is 0.440. The predicted molar refractivity (Wildman–Crippen MR) is 131 cm³/mol. The number of carbonyl (C=O) groups excluding carboxylic acids is 1. The largest absolute Gasteiger partial charge is 0.492 e. The molecule has 178 valence electrons. The number of hydrogen-bond acceptors (Lipinski definition) is 7. The highest BCUT2D eigenvalue weighted by Crippen LogP contribution is 2.31. The summed E-state index contributed by atoms with van der Waals surface area (Å²) in [7, 11) is 0. The van der Waals surface area contributed by atoms with Crippen LogP contribution in [0.4, 0.5) is 5.82 Å². The Bertz CT molecular complexity index is 1190. The Hall–Kier alpha value is -3.64. The zero-order valence-corrected chi connectivity index (χ0v) is 19.9. The summed E-state index contributed by atoms with van der Waals surface area (Å²) >= 11 is 0. The van der Waals surface area contributed by atoms with E-state index < -0.39 is 6.04 Å². The maximum Gasteiger partial charge on any atom is 0.239 e. The number of hydrogen-bond donors (Lipinski definition) is 1. The molecule has 0 bridgehead atoms. The zero-order chi connectivity index (χ0) is 24.2. The minimum absolute atomic E-state index is 0.0314. The van der Waals surface area contributed by atoms with Crippen LogP contribution in [0.5, 0.6) is 5.75 Å². The van der Waals surface area contributed by atoms with Crippen LogP contribution in [0.3, 0.4) is 0 Å². The van der Waals surface area contributed by atoms with Gasteiger partial charge in [0.05, 0.1) is 36.1 Å². The SMILES string of the molecule is CCOc1cc(-c2ccc(N3CCN(C(=O)C(N)CC(C)C)CC3)nc2)c2c(C#N)cnn2c1. The number of carbonyl (C=O) groups is 1. The van der Waals surface area contributed by atoms with Crippen LogP contribution in [0.2, 0.25) is 0 Å². The van der Waals surface area contributed by atoms with E-state index in [2.05, 4.69) is 34.9 Å². The van der Waals surface area contributed by atoms with Gasteiger partial charge in [0.25, 0.3) is 0 Å². The summed E-state index contributed by atoms with van der Waals surface area (Å²) in [6.45, 7) is 9.29. The molecule has 1 aliphatic rings. The van der Waals surface area contributed by atoms with Crippen molar-refractivity contribution in [1.82, 2.24) is 19.5 Å². The first-order valence-corrected chi connectivity index (χ1v) is 11.7. The van der Waals surface area contributed by atoms with Gasteiger partial charge in [-0.05, 0) is 37.5 Å². The molecule has 1 unspecified atom stereocenters. The fourth-order valence-electron chi connectivity index (χ4n) is 4.38. The third kappa shape index (κ3) is 4.82. The van der Waals surface area contributed by atoms with Gasteiger partial charge < -0.3 is 20.3 Å². The van der Waals surface area contributed by atoms with Crippen molar-refractivity contribution in [2.24, 2.45) is 11.7 Å². The molecule has 34 heavy (non-hydrogen) atoms. The van der Waals surface area contributed by atoms with Gasteiger partial charge in [-0.25, -0.2) is 9.50 Å². The summed E-state index contributed by atoms with van der Waals surface area (Å²) in [6.07, 6.45) is 5.85. The molecule has 0 aliphatic carbocycles. The van der Waals surface area contributed by atoms with E-state index in [1.165, 1.54) is 0 Å². The van der Waals surface area contributed by atoms with Crippen LogP contribution < -0.4 is 15.4 Å². The Morgan fingerprint density at radius 2 is 2.00 bits per heavy atom. The first-order valence-electron chi connectivity index (χ1n) is 11.7. The third-order valence-corrected chi connectivity index (χ3v) is 6.03. The highest BCUT2D eigenvalue weighted by Gasteiger charge is 2.26. The van der Waals surface area contributed by atoms with Crippen molar-refractivity contribution in [2.45, 2.75) is 33.2 Å². The Kier molecular flexibility index (Phi) is 6.98. The summed E-state index contributed by atoms with van der Waals surface area (Å²) in [4.78, 5) is 21.3. The van der Waals surface area contributed by atoms with Gasteiger partial charge in [0, 0.05) is 43.5 Å². The number of pyridine rings is 2. The van der Waals surface area contributed by atoms with Crippen LogP contribution in [-0.4, -0.2) is 64.2 Å². The minimum Gasteiger partial charge on any atom is -0.492 e. The van der Waals surface area contributed by atoms with Gasteiger partial charge in [0.2, 0.25) is 5.91 Å². The standard InChI is InChI=1S/C25H31N7O2/c1-4-34-20-12-21(24-19(13-26)15-29-32(24)16-20)18-5-6-23(28-14-18)30-7-9-31(10-8-30)25(33)22(27)11-17(2)3/h5-6,12,14-17,22H,4,7-11,27H2,1-3H3. The molecule has 1 aliphatic heterocycles. The number of aromatic nitrogens is 3. The number of amides is 1. The third-order valence-electron chi connectivity index (χ3n) is 6.03. The summed E-state index contributed by atoms with van der Waals surface area (Å²) in [6, 6.07) is 7.67. The first-order chi connectivity index (χ1) is 16.4. The van der Waals surface area contributed by atoms with Gasteiger partial charge in [0.15, 0.2) is 0 Å². The molecule has 2 N–H and O–H groups in total. The van der Waals surface area contributed by atoms with Gasteiger partial charge in [-0.3, -0.25) is 4.79 Å². The van der Waals surface area contributed by atoms with Gasteiger partial charge >= 0.3 is 0 Å². The van der Waals surface area contributed by atoms with E-state index in [9.17, 15) is 10.1 Å². The van der Waals surface area contributed by atoms with Crippen molar-refractivity contribution in [3.8, 4) is 22.9 Å². The maximum absolute atomic E-state index is 12.6. The van der Waals surface area contributed by atoms with Crippen LogP contribution in [0.15, 0.2) is 36.8 Å². The quantitative estimate of drug-likeness (QED) is 0.575. The van der Waals surface area contributed by atoms with Crippen molar-refractivity contribution in [2.75, 3.05) is 37.7 Å². The van der Waals surface area contributed by atoms with Crippen LogP contribution in [0.1, 0.15) is 32.8 Å². The van der Waals surface area contributed by atoms with Crippen molar-refractivity contribution in [1.29, 1.82) is 5.26 Å². The van der Waals surface area contributed by atoms with E-state index in [4.69, 9.17) is 10.5 Å². The van der Waals surface area contributed by atoms with Crippen LogP contribution in [0, 0.1) is 17.2 Å². The lowest BCUT2D eigenvalue weighted by Crippen LogP contribution is -2.53. The first kappa shape index (κ1) is 23.5. The highest BCUT2D eigenvalue weighted by atomic mass is 16.5. The number of nitriles is 1. The molecule has 4 heterocycles. The second-order valence-corrected chi connectivity index (χ2v) is 8.94. The molecule has 4 rings (SSSR count). The number of rotatable bonds is 7. The van der Waals surface area contributed by atoms with Crippen molar-refractivity contribution >= 4 is 17.2 Å². The van der Waals surface area contributed by atoms with Gasteiger partial charge in [0.1, 0.15) is 17.6 Å². The highest BCUT2D eigenvalue weighted by molar-refractivity contribution is 5.85. The molecule has 1 saturated heterocycles. The van der Waals surface area contributed by atoms with E-state index in [0.717, 1.165) is 22.5 Å². The molecule has 0 aromatic carbocycles. The normalized spacial score (nSPS) is 14.9. The maximum atomic E-state index is 12.6. The van der Waals surface area contributed by atoms with Crippen LogP contribution in [-0.2, 0) is 4.79 Å². The summed E-state index contributed by atoms with van der Waals surface area (Å²) in [5, 5.41) is 13.8. The summed E-state index contributed by atoms with van der Waals surface area (Å²) < 4.78 is 7.37. The van der Waals surface area contributed by atoms with Gasteiger partial charge in [-0.15, -0.1) is 0 Å². The number of fused-ring (bicyclic) bond motifs is 1. The fourth-order valence-corrected chi connectivity index (χ4v) is 4.38. The Balaban J connectivity index is 1.50. The number of anilines is 1. The van der Waals surface area contributed by atoms with Crippen molar-refractivity contribution in [3.63, 3.8) is 0 Å². The molecule has 9 nitrogen and oxygen atoms in total. The van der Waals surface area contributed by atoms with Crippen LogP contribution in [0.25, 0.3) is 16.6 Å². The van der Waals surface area contributed by atoms with Crippen LogP contribution >= 0.6 is 0 Å². The molecular weight excluding hydrogens is 430 g/mol. The lowest BCUT2D eigenvalue weighted by molar-refractivity contribution is -0.133. The molecule has 1 amide bonds. The number of nitrogens with zero attached hydrogens (tertiary/aromatic N) is 6. The predicted octanol–water partition coefficient (Wildman–Crippen LogP) is 2.69. The van der Waals surface area contributed by atoms with Crippen molar-refractivity contribution < 1.29 is 9.53 Å². The topological polar surface area (TPSA) is 113 Å². The van der Waals surface area contributed by atoms with E-state index in [0.29, 0.717) is 56.4 Å². The van der Waals surface area contributed by atoms with E-state index in [-0.39, 0.29) is 5.91 Å². The van der Waals surface area contributed by atoms with E-state index >= 15 is 0 Å². The smallest absolute Gasteiger partial charge is 0.239 e. The number of ether oxygens (including phenoxy) is 1. The van der Waals surface area contributed by atoms with E-state index in [1.54, 1.807) is 16.9 Å². The molecule has 0 spiro atoms. The molecule has 3 aromatic rings. The zero-order valence-electron chi connectivity index (χ0n) is 19.9. The summed E-state index contributed by atoms with van der Waals surface area (Å²) in [5.41, 5.74) is 9.04. The monoisotopic (exact) mass is 461 g/mol. The second kappa shape index (κ2) is 10.1. The van der Waals surface area contributed by atoms with Gasteiger partial charge in [-0.2, -0.15) is 10.4 Å². The molecular formula is C25H31N7O2. The van der Waals surface area contributed by atoms with Gasteiger partial charge in [-0.1, -0.05) is 13.8 Å². The minimum atomic E-state index is -0.435. The lowest BCUT2D eigenvalue weighted by Gasteiger charge is -2.36. The average Bonchev–Trinajstić information content (AvgIpc) is 3.26. The lowest BCUT2D eigenvalue weighted by atomic mass is 10.0. The van der Waals surface area contributed by atoms with Crippen molar-refractivity contribution in [3.05, 3.63) is 42.4 Å². The second-order valence-electron chi connectivity index (χ2n) is 8.94. The number of nitrogens with two attached hydrogens (primary N) is 1. The Morgan fingerprint density at radius 1 is 1.24 bits per heavy atom. The molecule has 0 radical (unpaired) electrons. The molecule has 0 saturated carbocycles. The molecule has 1 fully saturated rings. The van der Waals surface area contributed by atoms with E-state index in [1.807, 2.05) is 36.2 Å². The molecule has 9 heteroatoms. The number of piperazine rings is 1.